The first-order valence-electron chi connectivity index (χ1n) is 10.5. The average Bonchev–Trinajstić information content (AvgIpc) is 3.21. The summed E-state index contributed by atoms with van der Waals surface area (Å²) in [5.41, 5.74) is 4.14. The minimum atomic E-state index is -0.469. The van der Waals surface area contributed by atoms with E-state index in [1.807, 2.05) is 62.4 Å². The molecule has 0 saturated carbocycles. The van der Waals surface area contributed by atoms with Crippen LogP contribution in [0.3, 0.4) is 0 Å². The van der Waals surface area contributed by atoms with E-state index in [0.29, 0.717) is 22.3 Å². The van der Waals surface area contributed by atoms with Crippen LogP contribution in [0, 0.1) is 18.3 Å². The van der Waals surface area contributed by atoms with Crippen molar-refractivity contribution in [2.45, 2.75) is 31.0 Å². The first-order valence-corrected chi connectivity index (χ1v) is 12.2. The van der Waals surface area contributed by atoms with Gasteiger partial charge in [-0.15, -0.1) is 0 Å². The zero-order valence-corrected chi connectivity index (χ0v) is 20.1. The number of anilines is 1. The van der Waals surface area contributed by atoms with Gasteiger partial charge in [-0.25, -0.2) is 9.97 Å². The molecule has 2 aromatic carbocycles. The van der Waals surface area contributed by atoms with Gasteiger partial charge in [-0.05, 0) is 51.1 Å². The molecule has 4 rings (SSSR count). The molecule has 0 saturated heterocycles. The van der Waals surface area contributed by atoms with Gasteiger partial charge < -0.3 is 10.1 Å². The number of rotatable bonds is 7. The largest absolute Gasteiger partial charge is 0.494 e. The van der Waals surface area contributed by atoms with Crippen LogP contribution in [0.2, 0.25) is 0 Å². The third kappa shape index (κ3) is 5.33. The molecular formula is C25H22N4O2S2. The highest BCUT2D eigenvalue weighted by Gasteiger charge is 2.20. The van der Waals surface area contributed by atoms with Crippen LogP contribution in [0.15, 0.2) is 59.6 Å². The summed E-state index contributed by atoms with van der Waals surface area (Å²) in [4.78, 5) is 22.0. The Morgan fingerprint density at radius 3 is 2.70 bits per heavy atom. The zero-order valence-electron chi connectivity index (χ0n) is 18.5. The average molecular weight is 475 g/mol. The van der Waals surface area contributed by atoms with E-state index in [-0.39, 0.29) is 5.91 Å². The summed E-state index contributed by atoms with van der Waals surface area (Å²) in [5, 5.41) is 13.0. The highest BCUT2D eigenvalue weighted by atomic mass is 32.2. The molecule has 4 aromatic rings. The standard InChI is InChI=1S/C25H22N4O2S2/c1-4-31-19-10-12-21-22(13-19)33-25(28-21)29-23(30)16(3)32-24-18(14-26)9-11-20(27-24)17-7-5-15(2)6-8-17/h5-13,16H,4H2,1-3H3,(H,28,29,30). The number of aryl methyl sites for hydroxylation is 1. The molecule has 1 amide bonds. The molecule has 2 aromatic heterocycles. The molecule has 33 heavy (non-hydrogen) atoms. The van der Waals surface area contributed by atoms with Crippen molar-refractivity contribution >= 4 is 44.4 Å². The van der Waals surface area contributed by atoms with Gasteiger partial charge in [0.2, 0.25) is 5.91 Å². The highest BCUT2D eigenvalue weighted by Crippen LogP contribution is 2.32. The highest BCUT2D eigenvalue weighted by molar-refractivity contribution is 8.00. The summed E-state index contributed by atoms with van der Waals surface area (Å²) < 4.78 is 6.47. The summed E-state index contributed by atoms with van der Waals surface area (Å²) >= 11 is 2.66. The minimum absolute atomic E-state index is 0.199. The maximum atomic E-state index is 12.9. The molecule has 166 valence electrons. The zero-order chi connectivity index (χ0) is 23.4. The number of benzene rings is 2. The Morgan fingerprint density at radius 1 is 1.18 bits per heavy atom. The maximum absolute atomic E-state index is 12.9. The first-order chi connectivity index (χ1) is 16.0. The number of pyridine rings is 1. The van der Waals surface area contributed by atoms with E-state index in [1.54, 1.807) is 13.0 Å². The topological polar surface area (TPSA) is 87.9 Å². The normalized spacial score (nSPS) is 11.7. The van der Waals surface area contributed by atoms with E-state index in [4.69, 9.17) is 4.74 Å². The summed E-state index contributed by atoms with van der Waals surface area (Å²) in [7, 11) is 0. The molecule has 0 bridgehead atoms. The number of ether oxygens (including phenoxy) is 1. The Kier molecular flexibility index (Phi) is 6.92. The van der Waals surface area contributed by atoms with E-state index in [9.17, 15) is 10.1 Å². The van der Waals surface area contributed by atoms with Crippen molar-refractivity contribution in [2.24, 2.45) is 0 Å². The van der Waals surface area contributed by atoms with Crippen molar-refractivity contribution in [3.05, 3.63) is 65.7 Å². The maximum Gasteiger partial charge on any atom is 0.239 e. The number of carbonyl (C=O) groups is 1. The third-order valence-electron chi connectivity index (χ3n) is 4.89. The SMILES string of the molecule is CCOc1ccc2nc(NC(=O)C(C)Sc3nc(-c4ccc(C)cc4)ccc3C#N)sc2c1. The fraction of sp³-hybridized carbons (Fsp3) is 0.200. The minimum Gasteiger partial charge on any atom is -0.494 e. The number of thiazole rings is 1. The number of amides is 1. The quantitative estimate of drug-likeness (QED) is 0.328. The number of nitriles is 1. The van der Waals surface area contributed by atoms with Gasteiger partial charge >= 0.3 is 0 Å². The van der Waals surface area contributed by atoms with Crippen molar-refractivity contribution < 1.29 is 9.53 Å². The van der Waals surface area contributed by atoms with Gasteiger partial charge in [0.15, 0.2) is 5.13 Å². The number of hydrogen-bond acceptors (Lipinski definition) is 7. The van der Waals surface area contributed by atoms with Crippen LogP contribution < -0.4 is 10.1 Å². The van der Waals surface area contributed by atoms with Gasteiger partial charge in [-0.3, -0.25) is 4.79 Å². The van der Waals surface area contributed by atoms with Crippen LogP contribution in [-0.4, -0.2) is 27.7 Å². The Hall–Kier alpha value is -3.41. The molecule has 1 N–H and O–H groups in total. The Labute approximate surface area is 200 Å². The van der Waals surface area contributed by atoms with E-state index in [0.717, 1.165) is 32.8 Å². The number of aromatic nitrogens is 2. The van der Waals surface area contributed by atoms with Gasteiger partial charge in [0.05, 0.1) is 33.3 Å². The summed E-state index contributed by atoms with van der Waals surface area (Å²) in [6.45, 7) is 6.35. The van der Waals surface area contributed by atoms with Crippen molar-refractivity contribution in [1.82, 2.24) is 9.97 Å². The third-order valence-corrected chi connectivity index (χ3v) is 6.92. The number of thioether (sulfide) groups is 1. The predicted octanol–water partition coefficient (Wildman–Crippen LogP) is 6.06. The number of hydrogen-bond donors (Lipinski definition) is 1. The molecule has 0 aliphatic heterocycles. The molecule has 0 radical (unpaired) electrons. The smallest absolute Gasteiger partial charge is 0.239 e. The van der Waals surface area contributed by atoms with Gasteiger partial charge in [-0.2, -0.15) is 5.26 Å². The summed E-state index contributed by atoms with van der Waals surface area (Å²) in [5.74, 6) is 0.578. The molecule has 1 unspecified atom stereocenters. The Balaban J connectivity index is 1.50. The van der Waals surface area contributed by atoms with Crippen LogP contribution in [0.4, 0.5) is 5.13 Å². The Morgan fingerprint density at radius 2 is 1.97 bits per heavy atom. The fourth-order valence-corrected chi connectivity index (χ4v) is 4.93. The Bertz CT molecular complexity index is 1340. The van der Waals surface area contributed by atoms with Crippen LogP contribution in [0.5, 0.6) is 5.75 Å². The van der Waals surface area contributed by atoms with E-state index in [1.165, 1.54) is 23.1 Å². The molecule has 0 fully saturated rings. The molecule has 8 heteroatoms. The van der Waals surface area contributed by atoms with Crippen molar-refractivity contribution in [3.63, 3.8) is 0 Å². The second-order valence-corrected chi connectivity index (χ2v) is 9.72. The number of nitrogens with one attached hydrogen (secondary N) is 1. The molecule has 6 nitrogen and oxygen atoms in total. The molecule has 0 aliphatic carbocycles. The van der Waals surface area contributed by atoms with Crippen molar-refractivity contribution in [2.75, 3.05) is 11.9 Å². The fourth-order valence-electron chi connectivity index (χ4n) is 3.14. The predicted molar refractivity (Wildman–Crippen MR) is 134 cm³/mol. The van der Waals surface area contributed by atoms with Crippen LogP contribution in [0.1, 0.15) is 25.0 Å². The molecule has 0 spiro atoms. The van der Waals surface area contributed by atoms with E-state index >= 15 is 0 Å². The van der Waals surface area contributed by atoms with E-state index < -0.39 is 5.25 Å². The molecule has 1 atom stereocenters. The van der Waals surface area contributed by atoms with E-state index in [2.05, 4.69) is 21.4 Å². The second-order valence-electron chi connectivity index (χ2n) is 7.36. The van der Waals surface area contributed by atoms with Crippen LogP contribution in [0.25, 0.3) is 21.5 Å². The van der Waals surface area contributed by atoms with Crippen molar-refractivity contribution in [1.29, 1.82) is 5.26 Å². The lowest BCUT2D eigenvalue weighted by molar-refractivity contribution is -0.115. The number of fused-ring (bicyclic) bond motifs is 1. The molecular weight excluding hydrogens is 452 g/mol. The lowest BCUT2D eigenvalue weighted by Gasteiger charge is -2.12. The van der Waals surface area contributed by atoms with Crippen LogP contribution in [-0.2, 0) is 4.79 Å². The lowest BCUT2D eigenvalue weighted by Crippen LogP contribution is -2.22. The monoisotopic (exact) mass is 474 g/mol. The first kappa shape index (κ1) is 22.8. The van der Waals surface area contributed by atoms with Crippen LogP contribution >= 0.6 is 23.1 Å². The van der Waals surface area contributed by atoms with Gasteiger partial charge in [-0.1, -0.05) is 52.9 Å². The van der Waals surface area contributed by atoms with Gasteiger partial charge in [0.25, 0.3) is 0 Å². The summed E-state index contributed by atoms with van der Waals surface area (Å²) in [6, 6.07) is 19.5. The number of carbonyl (C=O) groups excluding carboxylic acids is 1. The van der Waals surface area contributed by atoms with Crippen molar-refractivity contribution in [3.8, 4) is 23.1 Å². The molecule has 0 aliphatic rings. The van der Waals surface area contributed by atoms with Gasteiger partial charge in [0, 0.05) is 5.56 Å². The summed E-state index contributed by atoms with van der Waals surface area (Å²) in [6.07, 6.45) is 0. The lowest BCUT2D eigenvalue weighted by atomic mass is 10.1. The molecule has 2 heterocycles. The number of nitrogens with zero attached hydrogens (tertiary/aromatic N) is 3. The van der Waals surface area contributed by atoms with Gasteiger partial charge in [0.1, 0.15) is 16.8 Å². The second kappa shape index (κ2) is 10.0.